The van der Waals surface area contributed by atoms with Crippen molar-refractivity contribution in [2.45, 2.75) is 54.9 Å². The number of carboxylic acid groups (broad SMARTS) is 1. The van der Waals surface area contributed by atoms with Crippen LogP contribution in [0.1, 0.15) is 31.9 Å². The van der Waals surface area contributed by atoms with Gasteiger partial charge >= 0.3 is 11.9 Å². The number of esters is 1. The van der Waals surface area contributed by atoms with Gasteiger partial charge in [0.15, 0.2) is 0 Å². The summed E-state index contributed by atoms with van der Waals surface area (Å²) >= 11 is 2.55. The number of nitrogens with one attached hydrogen (secondary N) is 1. The van der Waals surface area contributed by atoms with Gasteiger partial charge in [0.25, 0.3) is 11.8 Å². The molecule has 1 aromatic carbocycles. The number of aliphatic carboxylic acids is 1. The number of aryl methyl sites for hydroxylation is 1. The first-order chi connectivity index (χ1) is 19.3. The quantitative estimate of drug-likeness (QED) is 0.160. The number of ether oxygens (including phenoxy) is 2. The summed E-state index contributed by atoms with van der Waals surface area (Å²) in [5, 5.41) is 23.6. The van der Waals surface area contributed by atoms with Crippen molar-refractivity contribution in [3.63, 3.8) is 0 Å². The number of β-lactam (4-membered cyclic amide) rings is 1. The number of tetrazole rings is 1. The maximum Gasteiger partial charge on any atom is 0.352 e. The highest BCUT2D eigenvalue weighted by atomic mass is 32.2. The minimum absolute atomic E-state index is 0.142. The highest BCUT2D eigenvalue weighted by Crippen LogP contribution is 2.42. The lowest BCUT2D eigenvalue weighted by Crippen LogP contribution is -2.73. The van der Waals surface area contributed by atoms with Gasteiger partial charge in [-0.1, -0.05) is 17.8 Å². The zero-order valence-electron chi connectivity index (χ0n) is 22.7. The van der Waals surface area contributed by atoms with E-state index in [2.05, 4.69) is 20.8 Å². The zero-order chi connectivity index (χ0) is 29.7. The van der Waals surface area contributed by atoms with E-state index in [-0.39, 0.29) is 17.0 Å². The molecule has 0 spiro atoms. The van der Waals surface area contributed by atoms with E-state index >= 15 is 0 Å². The highest BCUT2D eigenvalue weighted by Gasteiger charge is 2.57. The number of hydrogen-bond donors (Lipinski definition) is 3. The predicted octanol–water partition coefficient (Wildman–Crippen LogP) is 0.172. The Labute approximate surface area is 243 Å². The van der Waals surface area contributed by atoms with Gasteiger partial charge < -0.3 is 25.6 Å². The van der Waals surface area contributed by atoms with Gasteiger partial charge in [0.1, 0.15) is 28.5 Å². The number of fused-ring (bicyclic) bond motifs is 2. The van der Waals surface area contributed by atoms with Crippen LogP contribution in [0.25, 0.3) is 0 Å². The molecular weight excluding hydrogens is 574 g/mol. The number of nitrogens with two attached hydrogens (primary N) is 1. The van der Waals surface area contributed by atoms with Crippen LogP contribution in [0.3, 0.4) is 0 Å². The molecule has 3 aliphatic heterocycles. The SMILES string of the molecule is Cn1nnnc1SCC1=C(C(=O)O)N2C(=O)C(NC(=O)C(N)(C(=O)OC(C)(C)C)c3ccc4c(c3)CCO4)C2SC1. The second-order valence-corrected chi connectivity index (χ2v) is 12.8. The van der Waals surface area contributed by atoms with Crippen molar-refractivity contribution in [1.82, 2.24) is 30.4 Å². The van der Waals surface area contributed by atoms with E-state index in [0.717, 1.165) is 10.5 Å². The van der Waals surface area contributed by atoms with E-state index in [9.17, 15) is 24.3 Å². The van der Waals surface area contributed by atoms with E-state index in [0.29, 0.717) is 35.3 Å². The Morgan fingerprint density at radius 1 is 1.32 bits per heavy atom. The Kier molecular flexibility index (Phi) is 7.50. The van der Waals surface area contributed by atoms with Gasteiger partial charge in [-0.2, -0.15) is 0 Å². The van der Waals surface area contributed by atoms with Crippen molar-refractivity contribution in [2.24, 2.45) is 12.8 Å². The smallest absolute Gasteiger partial charge is 0.352 e. The van der Waals surface area contributed by atoms with Crippen LogP contribution in [0.2, 0.25) is 0 Å². The van der Waals surface area contributed by atoms with E-state index in [4.69, 9.17) is 15.2 Å². The van der Waals surface area contributed by atoms with Crippen molar-refractivity contribution < 1.29 is 33.8 Å². The first kappa shape index (κ1) is 28.9. The number of rotatable bonds is 8. The minimum Gasteiger partial charge on any atom is -0.493 e. The summed E-state index contributed by atoms with van der Waals surface area (Å²) in [7, 11) is 1.66. The molecule has 14 nitrogen and oxygen atoms in total. The second-order valence-electron chi connectivity index (χ2n) is 10.7. The van der Waals surface area contributed by atoms with Crippen molar-refractivity contribution in [2.75, 3.05) is 18.1 Å². The topological polar surface area (TPSA) is 192 Å². The Hall–Kier alpha value is -3.63. The monoisotopic (exact) mass is 603 g/mol. The molecule has 3 aliphatic rings. The van der Waals surface area contributed by atoms with Crippen molar-refractivity contribution in [3.05, 3.63) is 40.6 Å². The molecule has 1 saturated heterocycles. The van der Waals surface area contributed by atoms with Crippen LogP contribution in [0.5, 0.6) is 5.75 Å². The van der Waals surface area contributed by atoms with Crippen LogP contribution >= 0.6 is 23.5 Å². The third-order valence-electron chi connectivity index (χ3n) is 6.72. The van der Waals surface area contributed by atoms with Crippen molar-refractivity contribution in [1.29, 1.82) is 0 Å². The van der Waals surface area contributed by atoms with Crippen LogP contribution in [-0.2, 0) is 42.9 Å². The van der Waals surface area contributed by atoms with Gasteiger partial charge in [0.2, 0.25) is 10.7 Å². The summed E-state index contributed by atoms with van der Waals surface area (Å²) in [6.07, 6.45) is 0.585. The number of amides is 2. The molecule has 3 atom stereocenters. The summed E-state index contributed by atoms with van der Waals surface area (Å²) < 4.78 is 12.5. The Bertz CT molecular complexity index is 1470. The first-order valence-electron chi connectivity index (χ1n) is 12.7. The number of aromatic nitrogens is 4. The van der Waals surface area contributed by atoms with Gasteiger partial charge in [-0.3, -0.25) is 14.5 Å². The fraction of sp³-hybridized carbons (Fsp3) is 0.480. The van der Waals surface area contributed by atoms with E-state index in [1.807, 2.05) is 0 Å². The number of hydrogen-bond acceptors (Lipinski definition) is 12. The second kappa shape index (κ2) is 10.6. The fourth-order valence-electron chi connectivity index (χ4n) is 4.68. The van der Waals surface area contributed by atoms with E-state index in [1.54, 1.807) is 40.0 Å². The number of carbonyl (C=O) groups is 4. The molecule has 0 radical (unpaired) electrons. The molecule has 4 N–H and O–H groups in total. The molecule has 4 heterocycles. The molecule has 1 fully saturated rings. The van der Waals surface area contributed by atoms with Crippen LogP contribution in [0.15, 0.2) is 34.6 Å². The number of thioether (sulfide) groups is 2. The lowest BCUT2D eigenvalue weighted by molar-refractivity contribution is -0.166. The summed E-state index contributed by atoms with van der Waals surface area (Å²) in [5.41, 5.74) is 4.70. The largest absolute Gasteiger partial charge is 0.493 e. The van der Waals surface area contributed by atoms with Gasteiger partial charge in [-0.15, -0.1) is 16.9 Å². The van der Waals surface area contributed by atoms with Gasteiger partial charge in [0, 0.05) is 25.0 Å². The molecule has 0 aliphatic carbocycles. The van der Waals surface area contributed by atoms with E-state index < -0.39 is 46.3 Å². The lowest BCUT2D eigenvalue weighted by Gasteiger charge is -2.50. The molecular formula is C25H29N7O7S2. The maximum atomic E-state index is 13.8. The summed E-state index contributed by atoms with van der Waals surface area (Å²) in [6, 6.07) is 3.71. The molecule has 0 saturated carbocycles. The van der Waals surface area contributed by atoms with Gasteiger partial charge in [0.05, 0.1) is 6.61 Å². The zero-order valence-corrected chi connectivity index (χ0v) is 24.4. The van der Waals surface area contributed by atoms with Crippen molar-refractivity contribution >= 4 is 47.3 Å². The maximum absolute atomic E-state index is 13.8. The summed E-state index contributed by atoms with van der Waals surface area (Å²) in [5.74, 6) is -2.60. The molecule has 2 amide bonds. The fourth-order valence-corrected chi connectivity index (χ4v) is 7.01. The highest BCUT2D eigenvalue weighted by molar-refractivity contribution is 8.01. The first-order valence-corrected chi connectivity index (χ1v) is 14.7. The molecule has 16 heteroatoms. The Balaban J connectivity index is 1.38. The Morgan fingerprint density at radius 2 is 2.07 bits per heavy atom. The number of benzene rings is 1. The Morgan fingerprint density at radius 3 is 2.73 bits per heavy atom. The number of carboxylic acids is 1. The van der Waals surface area contributed by atoms with Crippen LogP contribution in [0.4, 0.5) is 0 Å². The van der Waals surface area contributed by atoms with Gasteiger partial charge in [-0.05, 0) is 60.0 Å². The molecule has 41 heavy (non-hydrogen) atoms. The average molecular weight is 604 g/mol. The standard InChI is InChI=1S/C25H29N7O7S2/c1-24(2,3)39-22(37)25(26,14-5-6-15-12(9-14)7-8-38-15)21(36)27-16-18(33)32-17(20(34)35)13(10-40-19(16)32)11-41-23-28-29-30-31(23)4/h5-6,9,16,19H,7-8,10-11,26H2,1-4H3,(H,27,36)(H,34,35). The van der Waals surface area contributed by atoms with Crippen LogP contribution < -0.4 is 15.8 Å². The van der Waals surface area contributed by atoms with Crippen LogP contribution in [0, 0.1) is 0 Å². The molecule has 1 aromatic heterocycles. The average Bonchev–Trinajstić information content (AvgIpc) is 3.56. The normalized spacial score (nSPS) is 21.3. The van der Waals surface area contributed by atoms with Crippen LogP contribution in [-0.4, -0.2) is 89.1 Å². The third kappa shape index (κ3) is 5.26. The van der Waals surface area contributed by atoms with Crippen molar-refractivity contribution in [3.8, 4) is 5.75 Å². The summed E-state index contributed by atoms with van der Waals surface area (Å²) in [4.78, 5) is 53.8. The number of nitrogens with zero attached hydrogens (tertiary/aromatic N) is 5. The van der Waals surface area contributed by atoms with E-state index in [1.165, 1.54) is 34.3 Å². The molecule has 2 aromatic rings. The lowest BCUT2D eigenvalue weighted by atomic mass is 9.87. The third-order valence-corrected chi connectivity index (χ3v) is 9.15. The minimum atomic E-state index is -2.28. The molecule has 5 rings (SSSR count). The molecule has 218 valence electrons. The van der Waals surface area contributed by atoms with Gasteiger partial charge in [-0.25, -0.2) is 14.3 Å². The molecule has 0 bridgehead atoms. The summed E-state index contributed by atoms with van der Waals surface area (Å²) in [6.45, 7) is 5.43. The molecule has 3 unspecified atom stereocenters. The predicted molar refractivity (Wildman–Crippen MR) is 147 cm³/mol. The number of carbonyl (C=O) groups excluding carboxylic acids is 3.